The largest absolute Gasteiger partial charge is 4.00 e. The first-order chi connectivity index (χ1) is 0. The molecule has 11 N–H and O–H groups in total. The summed E-state index contributed by atoms with van der Waals surface area (Å²) < 4.78 is 0. The smallest absolute Gasteiger partial charge is 0.870 e. The van der Waals surface area contributed by atoms with Crippen molar-refractivity contribution in [2.75, 3.05) is 0 Å². The molecule has 0 saturated carbocycles. The van der Waals surface area contributed by atoms with Crippen LogP contribution in [0, 0.1) is 0 Å². The van der Waals surface area contributed by atoms with Crippen LogP contribution in [-0.4, -0.2) is 77.6 Å². The van der Waals surface area contributed by atoms with Crippen LogP contribution in [0.5, 0.6) is 0 Å². The molecule has 0 bridgehead atoms. The van der Waals surface area contributed by atoms with Gasteiger partial charge in [-0.1, -0.05) is 0 Å². The van der Waals surface area contributed by atoms with E-state index in [1.807, 2.05) is 0 Å². The minimum atomic E-state index is 0. The average molecular weight is 516 g/mol. The summed E-state index contributed by atoms with van der Waals surface area (Å²) in [5.74, 6) is 0. The van der Waals surface area contributed by atoms with Crippen LogP contribution < -0.4 is 0 Å². The van der Waals surface area contributed by atoms with Crippen LogP contribution in [-0.2, 0) is 54.3 Å². The first-order valence-corrected chi connectivity index (χ1v) is 0. The van der Waals surface area contributed by atoms with Crippen molar-refractivity contribution in [3.8, 4) is 0 Å². The summed E-state index contributed by atoms with van der Waals surface area (Å²) in [7, 11) is 0. The minimum absolute atomic E-state index is 0. The Hall–Kier alpha value is 1.78. The van der Waals surface area contributed by atoms with E-state index in [2.05, 4.69) is 0 Å². The number of rotatable bonds is 0. The van der Waals surface area contributed by atoms with Gasteiger partial charge in [-0.15, -0.1) is 0 Å². The third-order valence-corrected chi connectivity index (χ3v) is 0. The standard InChI is InChI=1S/Al.Co.Ni.11H2O.W/h;;;11*1H2;/q+3;2*+2;;;;;;;;;;;;+4/p-11. The van der Waals surface area contributed by atoms with Gasteiger partial charge in [0.15, 0.2) is 0 Å². The van der Waals surface area contributed by atoms with E-state index in [-0.39, 0.29) is 132 Å². The van der Waals surface area contributed by atoms with Crippen molar-refractivity contribution in [3.05, 3.63) is 0 Å². The second kappa shape index (κ2) is 1090. The van der Waals surface area contributed by atoms with E-state index >= 15 is 0 Å². The van der Waals surface area contributed by atoms with Gasteiger partial charge in [0, 0.05) is 0 Å². The van der Waals surface area contributed by atoms with Gasteiger partial charge in [-0.3, -0.25) is 0 Å². The molecule has 0 amide bonds. The summed E-state index contributed by atoms with van der Waals surface area (Å²) in [4.78, 5) is 0. The average Bonchev–Trinajstić information content (AvgIpc) is 0. The van der Waals surface area contributed by atoms with Crippen molar-refractivity contribution < 1.29 is 115 Å². The topological polar surface area (TPSA) is 330 Å². The summed E-state index contributed by atoms with van der Waals surface area (Å²) >= 11 is 0. The molecule has 11 nitrogen and oxygen atoms in total. The Morgan fingerprint density at radius 2 is 0.333 bits per heavy atom. The first-order valence-electron chi connectivity index (χ1n) is 0. The Kier molecular flexibility index (Phi) is 95500. The fraction of sp³-hybridized carbons (Fsp3) is 0. The first kappa shape index (κ1) is 1320. The van der Waals surface area contributed by atoms with Gasteiger partial charge in [0.05, 0.1) is 0 Å². The van der Waals surface area contributed by atoms with Crippen molar-refractivity contribution in [2.45, 2.75) is 0 Å². The molecule has 0 fully saturated rings. The minimum Gasteiger partial charge on any atom is -0.870 e. The molecule has 0 rings (SSSR count). The molecule has 0 aromatic rings. The number of hydrogen-bond acceptors (Lipinski definition) is 11. The van der Waals surface area contributed by atoms with Crippen molar-refractivity contribution in [1.29, 1.82) is 0 Å². The Labute approximate surface area is 131 Å². The van der Waals surface area contributed by atoms with E-state index in [1.165, 1.54) is 0 Å². The van der Waals surface area contributed by atoms with Crippen molar-refractivity contribution >= 4 is 17.4 Å². The molecule has 0 spiro atoms. The molecule has 105 valence electrons. The van der Waals surface area contributed by atoms with Crippen molar-refractivity contribution in [3.63, 3.8) is 0 Å². The zero-order chi connectivity index (χ0) is 0. The van der Waals surface area contributed by atoms with E-state index in [9.17, 15) is 0 Å². The van der Waals surface area contributed by atoms with Gasteiger partial charge in [-0.2, -0.15) is 0 Å². The zero-order valence-corrected chi connectivity index (χ0v) is 12.7. The molecule has 0 atom stereocenters. The van der Waals surface area contributed by atoms with Gasteiger partial charge in [-0.05, 0) is 0 Å². The molecule has 0 aromatic carbocycles. The fourth-order valence-electron chi connectivity index (χ4n) is 0. The van der Waals surface area contributed by atoms with Gasteiger partial charge >= 0.3 is 71.7 Å². The Balaban J connectivity index is 0. The van der Waals surface area contributed by atoms with Gasteiger partial charge in [0.1, 0.15) is 0 Å². The quantitative estimate of drug-likeness (QED) is 0.307. The molecule has 0 aromatic heterocycles. The molecule has 0 heterocycles. The summed E-state index contributed by atoms with van der Waals surface area (Å²) in [6, 6.07) is 0. The molecule has 0 aliphatic carbocycles. The monoisotopic (exact) mass is 515 g/mol. The predicted molar refractivity (Wildman–Crippen MR) is 27.0 cm³/mol. The van der Waals surface area contributed by atoms with E-state index < -0.39 is 0 Å². The third-order valence-electron chi connectivity index (χ3n) is 0. The van der Waals surface area contributed by atoms with E-state index in [4.69, 9.17) is 0 Å². The molecule has 0 unspecified atom stereocenters. The van der Waals surface area contributed by atoms with E-state index in [0.29, 0.717) is 0 Å². The molecule has 0 saturated heterocycles. The maximum absolute atomic E-state index is 0. The molecular formula is H11AlCoNiO11W. The predicted octanol–water partition coefficient (Wildman–Crippen LogP) is -2.33. The van der Waals surface area contributed by atoms with E-state index in [1.54, 1.807) is 0 Å². The summed E-state index contributed by atoms with van der Waals surface area (Å²) in [6.45, 7) is 0. The Morgan fingerprint density at radius 3 is 0.333 bits per heavy atom. The fourth-order valence-corrected chi connectivity index (χ4v) is 0. The molecule has 15 heteroatoms. The second-order valence-corrected chi connectivity index (χ2v) is 0. The molecule has 1 radical (unpaired) electrons. The van der Waals surface area contributed by atoms with Crippen LogP contribution in [0.1, 0.15) is 0 Å². The summed E-state index contributed by atoms with van der Waals surface area (Å²) in [5.41, 5.74) is 0. The normalized spacial score (nSPS) is 0. The molecule has 0 aliphatic heterocycles. The molecule has 0 aliphatic rings. The van der Waals surface area contributed by atoms with Crippen molar-refractivity contribution in [1.82, 2.24) is 0 Å². The van der Waals surface area contributed by atoms with Gasteiger partial charge < -0.3 is 60.2 Å². The van der Waals surface area contributed by atoms with Crippen LogP contribution in [0.25, 0.3) is 0 Å². The van der Waals surface area contributed by atoms with Crippen LogP contribution in [0.2, 0.25) is 0 Å². The van der Waals surface area contributed by atoms with Gasteiger partial charge in [-0.25, -0.2) is 0 Å². The number of hydrogen-bond donors (Lipinski definition) is 0. The summed E-state index contributed by atoms with van der Waals surface area (Å²) in [6.07, 6.45) is 0. The molecule has 15 heavy (non-hydrogen) atoms. The van der Waals surface area contributed by atoms with Gasteiger partial charge in [0.25, 0.3) is 0 Å². The maximum atomic E-state index is 0. The second-order valence-electron chi connectivity index (χ2n) is 0. The zero-order valence-electron chi connectivity index (χ0n) is 6.55. The SMILES string of the molecule is [Al+3].[Co+2].[Ni+2].[OH-].[OH-].[OH-].[OH-].[OH-].[OH-].[OH-].[OH-].[OH-].[OH-].[OH-].[W+4]. The third kappa shape index (κ3) is 945. The maximum Gasteiger partial charge on any atom is 4.00 e. The van der Waals surface area contributed by atoms with Crippen LogP contribution in [0.4, 0.5) is 0 Å². The van der Waals surface area contributed by atoms with E-state index in [0.717, 1.165) is 0 Å². The molecular weight excluding hydrogens is 504 g/mol. The Bertz CT molecular complexity index is 20.5. The van der Waals surface area contributed by atoms with Gasteiger partial charge in [0.2, 0.25) is 0 Å². The van der Waals surface area contributed by atoms with Crippen molar-refractivity contribution in [2.24, 2.45) is 0 Å². The van der Waals surface area contributed by atoms with Crippen LogP contribution >= 0.6 is 0 Å². The Morgan fingerprint density at radius 1 is 0.333 bits per heavy atom. The van der Waals surface area contributed by atoms with Crippen LogP contribution in [0.15, 0.2) is 0 Å². The summed E-state index contributed by atoms with van der Waals surface area (Å²) in [5, 5.41) is 0. The van der Waals surface area contributed by atoms with Crippen LogP contribution in [0.3, 0.4) is 0 Å².